The Morgan fingerprint density at radius 2 is 1.96 bits per heavy atom. The maximum absolute atomic E-state index is 12.3. The lowest BCUT2D eigenvalue weighted by molar-refractivity contribution is -0.140. The molecule has 23 heavy (non-hydrogen) atoms. The van der Waals surface area contributed by atoms with Crippen molar-refractivity contribution in [3.05, 3.63) is 24.2 Å². The van der Waals surface area contributed by atoms with Gasteiger partial charge in [-0.2, -0.15) is 0 Å². The zero-order chi connectivity index (χ0) is 16.4. The molecule has 1 aliphatic carbocycles. The Morgan fingerprint density at radius 1 is 1.30 bits per heavy atom. The number of imide groups is 1. The molecular weight excluding hydrogens is 296 g/mol. The molecule has 0 unspecified atom stereocenters. The average Bonchev–Trinajstić information content (AvgIpc) is 3.15. The monoisotopic (exact) mass is 318 g/mol. The van der Waals surface area contributed by atoms with Crippen molar-refractivity contribution < 1.29 is 18.8 Å². The van der Waals surface area contributed by atoms with Gasteiger partial charge in [-0.15, -0.1) is 0 Å². The summed E-state index contributed by atoms with van der Waals surface area (Å²) in [4.78, 5) is 38.0. The van der Waals surface area contributed by atoms with Crippen molar-refractivity contribution in [2.24, 2.45) is 11.8 Å². The zero-order valence-corrected chi connectivity index (χ0v) is 13.3. The van der Waals surface area contributed by atoms with Gasteiger partial charge in [0.25, 0.3) is 0 Å². The highest BCUT2D eigenvalue weighted by Crippen LogP contribution is 2.37. The van der Waals surface area contributed by atoms with Gasteiger partial charge in [0, 0.05) is 13.0 Å². The number of rotatable bonds is 5. The lowest BCUT2D eigenvalue weighted by Gasteiger charge is -2.19. The quantitative estimate of drug-likeness (QED) is 0.842. The first kappa shape index (κ1) is 15.8. The van der Waals surface area contributed by atoms with Crippen LogP contribution in [-0.2, 0) is 14.4 Å². The van der Waals surface area contributed by atoms with Crippen molar-refractivity contribution in [1.29, 1.82) is 0 Å². The smallest absolute Gasteiger partial charge is 0.233 e. The number of fused-ring (bicyclic) bond motifs is 1. The number of carbonyl (C=O) groups is 3. The van der Waals surface area contributed by atoms with Gasteiger partial charge >= 0.3 is 0 Å². The summed E-state index contributed by atoms with van der Waals surface area (Å²) < 4.78 is 5.24. The summed E-state index contributed by atoms with van der Waals surface area (Å²) in [5.41, 5.74) is 0. The largest absolute Gasteiger partial charge is 0.467 e. The predicted octanol–water partition coefficient (Wildman–Crippen LogP) is 2.02. The second kappa shape index (κ2) is 6.56. The Morgan fingerprint density at radius 3 is 2.52 bits per heavy atom. The summed E-state index contributed by atoms with van der Waals surface area (Å²) in [5, 5.41) is 2.82. The standard InChI is InChI=1S/C17H22N2O4/c1-11(14-7-4-10-23-14)18-15(20)8-9-19-16(21)12-5-2-3-6-13(12)17(19)22/h4,7,10-13H,2-3,5-6,8-9H2,1H3,(H,18,20)/t11-,12-,13+/m0/s1. The molecule has 0 radical (unpaired) electrons. The molecule has 1 aliphatic heterocycles. The van der Waals surface area contributed by atoms with E-state index in [0.717, 1.165) is 25.7 Å². The maximum atomic E-state index is 12.3. The van der Waals surface area contributed by atoms with Gasteiger partial charge in [-0.3, -0.25) is 19.3 Å². The number of hydrogen-bond acceptors (Lipinski definition) is 4. The SMILES string of the molecule is C[C@H](NC(=O)CCN1C(=O)[C@H]2CCCC[C@H]2C1=O)c1ccco1. The number of likely N-dealkylation sites (tertiary alicyclic amines) is 1. The molecule has 3 atom stereocenters. The third-order valence-corrected chi connectivity index (χ3v) is 4.84. The van der Waals surface area contributed by atoms with E-state index in [1.165, 1.54) is 4.90 Å². The highest BCUT2D eigenvalue weighted by molar-refractivity contribution is 6.05. The summed E-state index contributed by atoms with van der Waals surface area (Å²) >= 11 is 0. The van der Waals surface area contributed by atoms with E-state index >= 15 is 0 Å². The maximum Gasteiger partial charge on any atom is 0.233 e. The van der Waals surface area contributed by atoms with Crippen molar-refractivity contribution in [2.45, 2.75) is 45.1 Å². The van der Waals surface area contributed by atoms with Crippen molar-refractivity contribution in [3.63, 3.8) is 0 Å². The fourth-order valence-corrected chi connectivity index (χ4v) is 3.59. The van der Waals surface area contributed by atoms with Crippen LogP contribution in [0.15, 0.2) is 22.8 Å². The molecule has 2 fully saturated rings. The van der Waals surface area contributed by atoms with Crippen molar-refractivity contribution in [1.82, 2.24) is 10.2 Å². The molecule has 1 aromatic rings. The van der Waals surface area contributed by atoms with Crippen LogP contribution >= 0.6 is 0 Å². The lowest BCUT2D eigenvalue weighted by atomic mass is 9.81. The highest BCUT2D eigenvalue weighted by atomic mass is 16.3. The molecule has 1 aromatic heterocycles. The minimum Gasteiger partial charge on any atom is -0.467 e. The van der Waals surface area contributed by atoms with E-state index in [-0.39, 0.29) is 48.6 Å². The van der Waals surface area contributed by atoms with Crippen LogP contribution in [0.5, 0.6) is 0 Å². The minimum absolute atomic E-state index is 0.0911. The van der Waals surface area contributed by atoms with E-state index in [4.69, 9.17) is 4.42 Å². The first-order chi connectivity index (χ1) is 11.1. The molecule has 6 nitrogen and oxygen atoms in total. The molecule has 1 saturated carbocycles. The van der Waals surface area contributed by atoms with E-state index in [1.807, 2.05) is 6.92 Å². The number of carbonyl (C=O) groups excluding carboxylic acids is 3. The minimum atomic E-state index is -0.231. The summed E-state index contributed by atoms with van der Waals surface area (Å²) in [7, 11) is 0. The van der Waals surface area contributed by atoms with Crippen molar-refractivity contribution in [2.75, 3.05) is 6.54 Å². The van der Waals surface area contributed by atoms with Gasteiger partial charge in [-0.25, -0.2) is 0 Å². The first-order valence-corrected chi connectivity index (χ1v) is 8.26. The molecule has 6 heteroatoms. The second-order valence-corrected chi connectivity index (χ2v) is 6.38. The molecule has 3 amide bonds. The van der Waals surface area contributed by atoms with Crippen LogP contribution in [0.3, 0.4) is 0 Å². The highest BCUT2D eigenvalue weighted by Gasteiger charge is 2.47. The Hall–Kier alpha value is -2.11. The second-order valence-electron chi connectivity index (χ2n) is 6.38. The third-order valence-electron chi connectivity index (χ3n) is 4.84. The van der Waals surface area contributed by atoms with Gasteiger partial charge in [-0.1, -0.05) is 12.8 Å². The van der Waals surface area contributed by atoms with Crippen LogP contribution < -0.4 is 5.32 Å². The van der Waals surface area contributed by atoms with Crippen LogP contribution in [-0.4, -0.2) is 29.2 Å². The van der Waals surface area contributed by atoms with Gasteiger partial charge in [0.15, 0.2) is 0 Å². The molecular formula is C17H22N2O4. The Labute approximate surface area is 135 Å². The summed E-state index contributed by atoms with van der Waals surface area (Å²) in [5.74, 6) is 0.00272. The van der Waals surface area contributed by atoms with E-state index in [9.17, 15) is 14.4 Å². The topological polar surface area (TPSA) is 79.6 Å². The summed E-state index contributed by atoms with van der Waals surface area (Å²) in [6, 6.07) is 3.33. The van der Waals surface area contributed by atoms with Gasteiger partial charge in [0.2, 0.25) is 17.7 Å². The first-order valence-electron chi connectivity index (χ1n) is 8.26. The Bertz CT molecular complexity index is 572. The molecule has 0 spiro atoms. The van der Waals surface area contributed by atoms with Crippen molar-refractivity contribution in [3.8, 4) is 0 Å². The Balaban J connectivity index is 1.52. The molecule has 0 bridgehead atoms. The molecule has 0 aromatic carbocycles. The number of nitrogens with zero attached hydrogens (tertiary/aromatic N) is 1. The van der Waals surface area contributed by atoms with E-state index in [2.05, 4.69) is 5.32 Å². The van der Waals surface area contributed by atoms with Crippen LogP contribution in [0.1, 0.15) is 50.8 Å². The van der Waals surface area contributed by atoms with E-state index < -0.39 is 0 Å². The van der Waals surface area contributed by atoms with E-state index in [0.29, 0.717) is 5.76 Å². The molecule has 3 rings (SSSR count). The fourth-order valence-electron chi connectivity index (χ4n) is 3.59. The van der Waals surface area contributed by atoms with Crippen LogP contribution in [0.25, 0.3) is 0 Å². The molecule has 1 saturated heterocycles. The number of furan rings is 1. The van der Waals surface area contributed by atoms with Gasteiger partial charge in [-0.05, 0) is 31.9 Å². The number of nitrogens with one attached hydrogen (secondary N) is 1. The predicted molar refractivity (Wildman–Crippen MR) is 82.1 cm³/mol. The van der Waals surface area contributed by atoms with Crippen LogP contribution in [0, 0.1) is 11.8 Å². The average molecular weight is 318 g/mol. The number of amides is 3. The van der Waals surface area contributed by atoms with Gasteiger partial charge in [0.1, 0.15) is 5.76 Å². The summed E-state index contributed by atoms with van der Waals surface area (Å²) in [6.45, 7) is 2.00. The van der Waals surface area contributed by atoms with E-state index in [1.54, 1.807) is 18.4 Å². The lowest BCUT2D eigenvalue weighted by Crippen LogP contribution is -2.36. The summed E-state index contributed by atoms with van der Waals surface area (Å²) in [6.07, 6.45) is 5.30. The number of hydrogen-bond donors (Lipinski definition) is 1. The van der Waals surface area contributed by atoms with Crippen LogP contribution in [0.2, 0.25) is 0 Å². The van der Waals surface area contributed by atoms with Crippen molar-refractivity contribution >= 4 is 17.7 Å². The fraction of sp³-hybridized carbons (Fsp3) is 0.588. The van der Waals surface area contributed by atoms with Gasteiger partial charge in [0.05, 0.1) is 24.1 Å². The molecule has 1 N–H and O–H groups in total. The third kappa shape index (κ3) is 3.16. The molecule has 2 aliphatic rings. The van der Waals surface area contributed by atoms with Gasteiger partial charge < -0.3 is 9.73 Å². The Kier molecular flexibility index (Phi) is 4.50. The molecule has 2 heterocycles. The molecule has 124 valence electrons. The van der Waals surface area contributed by atoms with Crippen LogP contribution in [0.4, 0.5) is 0 Å². The zero-order valence-electron chi connectivity index (χ0n) is 13.3. The normalized spacial score (nSPS) is 25.3.